The first-order valence-corrected chi connectivity index (χ1v) is 6.26. The zero-order valence-corrected chi connectivity index (χ0v) is 11.2. The highest BCUT2D eigenvalue weighted by atomic mass is 16.5. The molecule has 100 valence electrons. The predicted molar refractivity (Wildman–Crippen MR) is 75.5 cm³/mol. The van der Waals surface area contributed by atoms with Gasteiger partial charge in [0.05, 0.1) is 5.56 Å². The van der Waals surface area contributed by atoms with Crippen LogP contribution in [0.15, 0.2) is 54.6 Å². The van der Waals surface area contributed by atoms with Crippen molar-refractivity contribution in [1.29, 1.82) is 0 Å². The molecule has 0 saturated carbocycles. The van der Waals surface area contributed by atoms with E-state index in [9.17, 15) is 4.79 Å². The molecule has 0 heterocycles. The summed E-state index contributed by atoms with van der Waals surface area (Å²) in [5.41, 5.74) is 1.23. The third-order valence-electron chi connectivity index (χ3n) is 2.35. The van der Waals surface area contributed by atoms with E-state index in [0.29, 0.717) is 6.61 Å². The molecule has 0 bridgehead atoms. The van der Waals surface area contributed by atoms with E-state index in [-0.39, 0.29) is 5.56 Å². The molecule has 0 atom stereocenters. The van der Waals surface area contributed by atoms with Crippen molar-refractivity contribution in [2.24, 2.45) is 0 Å². The van der Waals surface area contributed by atoms with E-state index in [1.165, 1.54) is 0 Å². The van der Waals surface area contributed by atoms with Crippen LogP contribution in [0.25, 0.3) is 0 Å². The van der Waals surface area contributed by atoms with Crippen LogP contribution in [0.1, 0.15) is 29.8 Å². The number of aromatic carboxylic acids is 1. The van der Waals surface area contributed by atoms with E-state index in [2.05, 4.69) is 0 Å². The van der Waals surface area contributed by atoms with Crippen LogP contribution < -0.4 is 4.74 Å². The lowest BCUT2D eigenvalue weighted by Crippen LogP contribution is -1.98. The Labute approximate surface area is 113 Å². The van der Waals surface area contributed by atoms with Crippen LogP contribution in [-0.4, -0.2) is 11.1 Å². The minimum Gasteiger partial charge on any atom is -0.489 e. The van der Waals surface area contributed by atoms with Crippen LogP contribution in [0.3, 0.4) is 0 Å². The molecule has 0 amide bonds. The van der Waals surface area contributed by atoms with Crippen molar-refractivity contribution in [3.05, 3.63) is 65.7 Å². The van der Waals surface area contributed by atoms with Crippen LogP contribution in [0.5, 0.6) is 5.75 Å². The maximum absolute atomic E-state index is 10.7. The number of carboxylic acid groups (broad SMARTS) is 1. The maximum Gasteiger partial charge on any atom is 0.335 e. The quantitative estimate of drug-likeness (QED) is 0.902. The molecule has 0 saturated heterocycles. The summed E-state index contributed by atoms with van der Waals surface area (Å²) >= 11 is 0. The molecule has 2 aromatic carbocycles. The first-order valence-electron chi connectivity index (χ1n) is 6.26. The topological polar surface area (TPSA) is 46.5 Å². The Morgan fingerprint density at radius 1 is 1.00 bits per heavy atom. The van der Waals surface area contributed by atoms with Crippen LogP contribution in [0.2, 0.25) is 0 Å². The van der Waals surface area contributed by atoms with Gasteiger partial charge in [-0.2, -0.15) is 0 Å². The molecule has 0 aliphatic rings. The molecule has 1 N–H and O–H groups in total. The molecular formula is C16H18O3. The number of hydrogen-bond donors (Lipinski definition) is 1. The summed E-state index contributed by atoms with van der Waals surface area (Å²) in [5, 5.41) is 8.75. The van der Waals surface area contributed by atoms with Crippen molar-refractivity contribution in [3.63, 3.8) is 0 Å². The van der Waals surface area contributed by atoms with Crippen LogP contribution in [-0.2, 0) is 6.61 Å². The summed E-state index contributed by atoms with van der Waals surface area (Å²) in [5.74, 6) is -0.115. The fraction of sp³-hybridized carbons (Fsp3) is 0.188. The lowest BCUT2D eigenvalue weighted by atomic mass is 10.1. The van der Waals surface area contributed by atoms with Crippen molar-refractivity contribution in [3.8, 4) is 5.75 Å². The number of hydrogen-bond acceptors (Lipinski definition) is 2. The summed E-state index contributed by atoms with van der Waals surface area (Å²) in [6, 6.07) is 16.2. The number of rotatable bonds is 4. The molecular weight excluding hydrogens is 240 g/mol. The Hall–Kier alpha value is -2.29. The number of ether oxygens (including phenoxy) is 1. The van der Waals surface area contributed by atoms with Gasteiger partial charge >= 0.3 is 5.97 Å². The van der Waals surface area contributed by atoms with Crippen molar-refractivity contribution < 1.29 is 14.6 Å². The summed E-state index contributed by atoms with van der Waals surface area (Å²) in [7, 11) is 0. The molecule has 0 radical (unpaired) electrons. The number of benzene rings is 2. The maximum atomic E-state index is 10.7. The largest absolute Gasteiger partial charge is 0.489 e. The van der Waals surface area contributed by atoms with E-state index in [1.807, 2.05) is 44.2 Å². The van der Waals surface area contributed by atoms with Gasteiger partial charge in [-0.05, 0) is 29.8 Å². The highest BCUT2D eigenvalue weighted by Gasteiger charge is 2.01. The monoisotopic (exact) mass is 258 g/mol. The lowest BCUT2D eigenvalue weighted by Gasteiger charge is -2.06. The van der Waals surface area contributed by atoms with Gasteiger partial charge in [-0.25, -0.2) is 4.79 Å². The van der Waals surface area contributed by atoms with Gasteiger partial charge in [0.1, 0.15) is 12.4 Å². The predicted octanol–water partition coefficient (Wildman–Crippen LogP) is 3.99. The zero-order chi connectivity index (χ0) is 14.1. The van der Waals surface area contributed by atoms with Gasteiger partial charge in [-0.3, -0.25) is 0 Å². The van der Waals surface area contributed by atoms with Gasteiger partial charge in [-0.15, -0.1) is 0 Å². The molecule has 0 fully saturated rings. The second-order valence-corrected chi connectivity index (χ2v) is 3.60. The molecule has 0 spiro atoms. The highest BCUT2D eigenvalue weighted by Crippen LogP contribution is 2.12. The third kappa shape index (κ3) is 4.84. The van der Waals surface area contributed by atoms with E-state index < -0.39 is 5.97 Å². The van der Waals surface area contributed by atoms with Crippen LogP contribution >= 0.6 is 0 Å². The van der Waals surface area contributed by atoms with E-state index in [4.69, 9.17) is 9.84 Å². The molecule has 0 aromatic heterocycles. The first-order chi connectivity index (χ1) is 9.25. The van der Waals surface area contributed by atoms with E-state index in [0.717, 1.165) is 11.3 Å². The first kappa shape index (κ1) is 14.8. The SMILES string of the molecule is CC.O=C(O)c1ccc(COc2ccccc2)cc1. The fourth-order valence-corrected chi connectivity index (χ4v) is 1.43. The molecule has 19 heavy (non-hydrogen) atoms. The Kier molecular flexibility index (Phi) is 6.16. The van der Waals surface area contributed by atoms with Crippen molar-refractivity contribution in [2.45, 2.75) is 20.5 Å². The minimum atomic E-state index is -0.916. The summed E-state index contributed by atoms with van der Waals surface area (Å²) in [6.07, 6.45) is 0. The number of carboxylic acids is 1. The lowest BCUT2D eigenvalue weighted by molar-refractivity contribution is 0.0697. The van der Waals surface area contributed by atoms with Gasteiger partial charge in [0.15, 0.2) is 0 Å². The average molecular weight is 258 g/mol. The van der Waals surface area contributed by atoms with Crippen molar-refractivity contribution in [2.75, 3.05) is 0 Å². The van der Waals surface area contributed by atoms with Gasteiger partial charge in [-0.1, -0.05) is 44.2 Å². The number of carbonyl (C=O) groups is 1. The zero-order valence-electron chi connectivity index (χ0n) is 11.2. The van der Waals surface area contributed by atoms with Gasteiger partial charge in [0.25, 0.3) is 0 Å². The smallest absolute Gasteiger partial charge is 0.335 e. The molecule has 0 aliphatic heterocycles. The van der Waals surface area contributed by atoms with E-state index >= 15 is 0 Å². The van der Waals surface area contributed by atoms with Crippen molar-refractivity contribution >= 4 is 5.97 Å². The second-order valence-electron chi connectivity index (χ2n) is 3.60. The summed E-state index contributed by atoms with van der Waals surface area (Å²) in [4.78, 5) is 10.7. The molecule has 2 aromatic rings. The van der Waals surface area contributed by atoms with Crippen LogP contribution in [0, 0.1) is 0 Å². The highest BCUT2D eigenvalue weighted by molar-refractivity contribution is 5.87. The van der Waals surface area contributed by atoms with Gasteiger partial charge in [0, 0.05) is 0 Å². The minimum absolute atomic E-state index is 0.286. The molecule has 0 aliphatic carbocycles. The molecule has 2 rings (SSSR count). The Bertz CT molecular complexity index is 489. The third-order valence-corrected chi connectivity index (χ3v) is 2.35. The Morgan fingerprint density at radius 2 is 1.58 bits per heavy atom. The van der Waals surface area contributed by atoms with Crippen LogP contribution in [0.4, 0.5) is 0 Å². The second kappa shape index (κ2) is 7.93. The summed E-state index contributed by atoms with van der Waals surface area (Å²) in [6.45, 7) is 4.43. The normalized spacial score (nSPS) is 9.16. The number of para-hydroxylation sites is 1. The van der Waals surface area contributed by atoms with E-state index in [1.54, 1.807) is 24.3 Å². The molecule has 0 unspecified atom stereocenters. The Morgan fingerprint density at radius 3 is 2.11 bits per heavy atom. The van der Waals surface area contributed by atoms with Crippen molar-refractivity contribution in [1.82, 2.24) is 0 Å². The van der Waals surface area contributed by atoms with Gasteiger partial charge in [0.2, 0.25) is 0 Å². The Balaban J connectivity index is 0.000000861. The standard InChI is InChI=1S/C14H12O3.C2H6/c15-14(16)12-8-6-11(7-9-12)10-17-13-4-2-1-3-5-13;1-2/h1-9H,10H2,(H,15,16);1-2H3. The fourth-order valence-electron chi connectivity index (χ4n) is 1.43. The molecule has 3 nitrogen and oxygen atoms in total. The van der Waals surface area contributed by atoms with Gasteiger partial charge < -0.3 is 9.84 Å². The average Bonchev–Trinajstić information content (AvgIpc) is 2.49. The summed E-state index contributed by atoms with van der Waals surface area (Å²) < 4.78 is 5.54. The molecule has 3 heteroatoms.